The molecule has 1 aromatic carbocycles. The first-order chi connectivity index (χ1) is 9.04. The van der Waals surface area contributed by atoms with Gasteiger partial charge in [-0.3, -0.25) is 4.79 Å². The zero-order valence-corrected chi connectivity index (χ0v) is 12.4. The second-order valence-electron chi connectivity index (χ2n) is 4.26. The summed E-state index contributed by atoms with van der Waals surface area (Å²) in [7, 11) is 0. The van der Waals surface area contributed by atoms with Crippen molar-refractivity contribution in [3.05, 3.63) is 33.8 Å². The van der Waals surface area contributed by atoms with Gasteiger partial charge in [-0.1, -0.05) is 21.1 Å². The van der Waals surface area contributed by atoms with E-state index in [-0.39, 0.29) is 11.7 Å². The van der Waals surface area contributed by atoms with Gasteiger partial charge < -0.3 is 16.3 Å². The third kappa shape index (κ3) is 5.30. The number of carbonyl (C=O) groups excluding carboxylic acids is 1. The number of oxime groups is 1. The summed E-state index contributed by atoms with van der Waals surface area (Å²) in [5.41, 5.74) is 6.96. The lowest BCUT2D eigenvalue weighted by Crippen LogP contribution is -2.25. The molecule has 0 bridgehead atoms. The number of nitrogens with zero attached hydrogens (tertiary/aromatic N) is 1. The average Bonchev–Trinajstić information content (AvgIpc) is 2.37. The predicted octanol–water partition coefficient (Wildman–Crippen LogP) is 2.40. The molecule has 0 saturated carbocycles. The Kier molecular flexibility index (Phi) is 6.35. The SMILES string of the molecule is Cc1cc(Br)ccc1C(=O)NCCCCC(N)=NO. The van der Waals surface area contributed by atoms with E-state index in [1.54, 1.807) is 6.07 Å². The van der Waals surface area contributed by atoms with Gasteiger partial charge in [0.1, 0.15) is 5.84 Å². The van der Waals surface area contributed by atoms with Crippen LogP contribution in [0.3, 0.4) is 0 Å². The molecule has 1 aromatic rings. The molecule has 1 rings (SSSR count). The number of halogens is 1. The van der Waals surface area contributed by atoms with E-state index < -0.39 is 0 Å². The van der Waals surface area contributed by atoms with Crippen molar-refractivity contribution >= 4 is 27.7 Å². The maximum atomic E-state index is 11.9. The van der Waals surface area contributed by atoms with E-state index in [1.807, 2.05) is 19.1 Å². The summed E-state index contributed by atoms with van der Waals surface area (Å²) in [6, 6.07) is 5.55. The van der Waals surface area contributed by atoms with Crippen LogP contribution in [0.25, 0.3) is 0 Å². The Morgan fingerprint density at radius 1 is 1.47 bits per heavy atom. The molecule has 5 nitrogen and oxygen atoms in total. The third-order valence-corrected chi connectivity index (χ3v) is 3.20. The smallest absolute Gasteiger partial charge is 0.251 e. The number of carbonyl (C=O) groups is 1. The molecule has 4 N–H and O–H groups in total. The lowest BCUT2D eigenvalue weighted by atomic mass is 10.1. The molecule has 6 heteroatoms. The number of aryl methyl sites for hydroxylation is 1. The van der Waals surface area contributed by atoms with Crippen molar-refractivity contribution in [2.24, 2.45) is 10.9 Å². The highest BCUT2D eigenvalue weighted by atomic mass is 79.9. The van der Waals surface area contributed by atoms with E-state index in [2.05, 4.69) is 26.4 Å². The monoisotopic (exact) mass is 327 g/mol. The van der Waals surface area contributed by atoms with Crippen LogP contribution in [-0.4, -0.2) is 23.5 Å². The zero-order chi connectivity index (χ0) is 14.3. The van der Waals surface area contributed by atoms with Gasteiger partial charge in [0.15, 0.2) is 0 Å². The summed E-state index contributed by atoms with van der Waals surface area (Å²) in [6.45, 7) is 2.48. The van der Waals surface area contributed by atoms with E-state index in [0.717, 1.165) is 22.9 Å². The zero-order valence-electron chi connectivity index (χ0n) is 10.8. The van der Waals surface area contributed by atoms with Gasteiger partial charge in [0.25, 0.3) is 5.91 Å². The van der Waals surface area contributed by atoms with Crippen molar-refractivity contribution in [3.63, 3.8) is 0 Å². The molecule has 104 valence electrons. The Morgan fingerprint density at radius 2 is 2.21 bits per heavy atom. The fourth-order valence-corrected chi connectivity index (χ4v) is 2.14. The van der Waals surface area contributed by atoms with E-state index in [4.69, 9.17) is 10.9 Å². The number of unbranched alkanes of at least 4 members (excludes halogenated alkanes) is 1. The summed E-state index contributed by atoms with van der Waals surface area (Å²) in [5, 5.41) is 14.1. The van der Waals surface area contributed by atoms with Crippen LogP contribution in [0.2, 0.25) is 0 Å². The van der Waals surface area contributed by atoms with E-state index in [0.29, 0.717) is 18.5 Å². The molecule has 0 radical (unpaired) electrons. The Bertz CT molecular complexity index is 475. The molecule has 0 spiro atoms. The van der Waals surface area contributed by atoms with Crippen molar-refractivity contribution in [2.75, 3.05) is 6.54 Å². The minimum Gasteiger partial charge on any atom is -0.409 e. The Labute approximate surface area is 121 Å². The molecule has 0 atom stereocenters. The van der Waals surface area contributed by atoms with Crippen molar-refractivity contribution in [1.82, 2.24) is 5.32 Å². The van der Waals surface area contributed by atoms with E-state index >= 15 is 0 Å². The molecule has 0 heterocycles. The summed E-state index contributed by atoms with van der Waals surface area (Å²) in [4.78, 5) is 11.9. The molecule has 0 saturated heterocycles. The van der Waals surface area contributed by atoms with Gasteiger partial charge in [-0.15, -0.1) is 0 Å². The van der Waals surface area contributed by atoms with Crippen molar-refractivity contribution in [2.45, 2.75) is 26.2 Å². The lowest BCUT2D eigenvalue weighted by Gasteiger charge is -2.08. The van der Waals surface area contributed by atoms with Gasteiger partial charge in [0.2, 0.25) is 0 Å². The number of benzene rings is 1. The van der Waals surface area contributed by atoms with Gasteiger partial charge in [-0.05, 0) is 43.5 Å². The summed E-state index contributed by atoms with van der Waals surface area (Å²) < 4.78 is 0.959. The highest BCUT2D eigenvalue weighted by Gasteiger charge is 2.08. The lowest BCUT2D eigenvalue weighted by molar-refractivity contribution is 0.0952. The molecule has 1 amide bonds. The largest absolute Gasteiger partial charge is 0.409 e. The maximum Gasteiger partial charge on any atom is 0.251 e. The van der Waals surface area contributed by atoms with Crippen molar-refractivity contribution < 1.29 is 10.0 Å². The molecular weight excluding hydrogens is 310 g/mol. The fourth-order valence-electron chi connectivity index (χ4n) is 1.66. The van der Waals surface area contributed by atoms with Crippen molar-refractivity contribution in [3.8, 4) is 0 Å². The maximum absolute atomic E-state index is 11.9. The molecule has 0 aromatic heterocycles. The van der Waals surface area contributed by atoms with Gasteiger partial charge in [0.05, 0.1) is 0 Å². The molecular formula is C13H18BrN3O2. The highest BCUT2D eigenvalue weighted by molar-refractivity contribution is 9.10. The number of hydrogen-bond acceptors (Lipinski definition) is 3. The van der Waals surface area contributed by atoms with E-state index in [9.17, 15) is 4.79 Å². The van der Waals surface area contributed by atoms with Crippen LogP contribution in [-0.2, 0) is 0 Å². The molecule has 0 aliphatic heterocycles. The number of nitrogens with one attached hydrogen (secondary N) is 1. The Morgan fingerprint density at radius 3 is 2.84 bits per heavy atom. The quantitative estimate of drug-likeness (QED) is 0.246. The summed E-state index contributed by atoms with van der Waals surface area (Å²) >= 11 is 3.36. The first-order valence-corrected chi connectivity index (χ1v) is 6.84. The highest BCUT2D eigenvalue weighted by Crippen LogP contribution is 2.15. The fraction of sp³-hybridized carbons (Fsp3) is 0.385. The number of rotatable bonds is 6. The summed E-state index contributed by atoms with van der Waals surface area (Å²) in [6.07, 6.45) is 2.09. The van der Waals surface area contributed by atoms with Gasteiger partial charge in [-0.2, -0.15) is 0 Å². The van der Waals surface area contributed by atoms with Crippen LogP contribution in [0, 0.1) is 6.92 Å². The Balaban J connectivity index is 2.35. The normalized spacial score (nSPS) is 11.4. The van der Waals surface area contributed by atoms with Crippen LogP contribution in [0.4, 0.5) is 0 Å². The number of amidine groups is 1. The molecule has 0 unspecified atom stereocenters. The molecule has 0 aliphatic rings. The van der Waals surface area contributed by atoms with Crippen LogP contribution in [0.15, 0.2) is 27.8 Å². The topological polar surface area (TPSA) is 87.7 Å². The minimum absolute atomic E-state index is 0.0752. The van der Waals surface area contributed by atoms with Crippen LogP contribution < -0.4 is 11.1 Å². The second-order valence-corrected chi connectivity index (χ2v) is 5.18. The molecule has 0 fully saturated rings. The van der Waals surface area contributed by atoms with Gasteiger partial charge in [-0.25, -0.2) is 0 Å². The van der Waals surface area contributed by atoms with E-state index in [1.165, 1.54) is 0 Å². The number of amides is 1. The van der Waals surface area contributed by atoms with Gasteiger partial charge >= 0.3 is 0 Å². The van der Waals surface area contributed by atoms with Crippen molar-refractivity contribution in [1.29, 1.82) is 0 Å². The molecule has 0 aliphatic carbocycles. The van der Waals surface area contributed by atoms with Crippen LogP contribution in [0.5, 0.6) is 0 Å². The Hall–Kier alpha value is -1.56. The van der Waals surface area contributed by atoms with Gasteiger partial charge in [0, 0.05) is 23.0 Å². The van der Waals surface area contributed by atoms with Crippen LogP contribution in [0.1, 0.15) is 35.2 Å². The summed E-state index contributed by atoms with van der Waals surface area (Å²) in [5.74, 6) is 0.142. The first-order valence-electron chi connectivity index (χ1n) is 6.05. The molecule has 19 heavy (non-hydrogen) atoms. The van der Waals surface area contributed by atoms with Crippen LogP contribution >= 0.6 is 15.9 Å². The predicted molar refractivity (Wildman–Crippen MR) is 78.5 cm³/mol. The number of hydrogen-bond donors (Lipinski definition) is 3. The standard InChI is InChI=1S/C13H18BrN3O2/c1-9-8-10(14)5-6-11(9)13(18)16-7-3-2-4-12(15)17-19/h5-6,8,19H,2-4,7H2,1H3,(H2,15,17)(H,16,18). The minimum atomic E-state index is -0.0752. The third-order valence-electron chi connectivity index (χ3n) is 2.71. The average molecular weight is 328 g/mol. The second kappa shape index (κ2) is 7.78. The first kappa shape index (κ1) is 15.5. The number of nitrogens with two attached hydrogens (primary N) is 1.